The van der Waals surface area contributed by atoms with E-state index in [1.807, 2.05) is 36.4 Å². The summed E-state index contributed by atoms with van der Waals surface area (Å²) in [6, 6.07) is 15.1. The van der Waals surface area contributed by atoms with E-state index in [9.17, 15) is 0 Å². The van der Waals surface area contributed by atoms with Gasteiger partial charge in [-0.25, -0.2) is 0 Å². The molecule has 24 heavy (non-hydrogen) atoms. The van der Waals surface area contributed by atoms with Crippen LogP contribution in [0.3, 0.4) is 0 Å². The van der Waals surface area contributed by atoms with Gasteiger partial charge in [0.2, 0.25) is 0 Å². The summed E-state index contributed by atoms with van der Waals surface area (Å²) in [6.45, 7) is 4.39. The van der Waals surface area contributed by atoms with Gasteiger partial charge in [-0.15, -0.1) is 10.5 Å². The highest BCUT2D eigenvalue weighted by Gasteiger charge is 2.21. The maximum Gasteiger partial charge on any atom is 0.292 e. The first-order valence-electron chi connectivity index (χ1n) is 8.00. The molecular weight excluding hydrogens is 300 g/mol. The van der Waals surface area contributed by atoms with Gasteiger partial charge in [0.05, 0.1) is 0 Å². The highest BCUT2D eigenvalue weighted by Crippen LogP contribution is 2.37. The van der Waals surface area contributed by atoms with E-state index in [0.717, 1.165) is 24.0 Å². The van der Waals surface area contributed by atoms with E-state index in [1.165, 1.54) is 0 Å². The van der Waals surface area contributed by atoms with Crippen LogP contribution in [-0.4, -0.2) is 0 Å². The van der Waals surface area contributed by atoms with Crippen molar-refractivity contribution in [1.82, 2.24) is 0 Å². The van der Waals surface area contributed by atoms with E-state index < -0.39 is 0 Å². The van der Waals surface area contributed by atoms with Gasteiger partial charge in [0.25, 0.3) is 12.5 Å². The van der Waals surface area contributed by atoms with Crippen LogP contribution < -0.4 is 9.47 Å². The maximum atomic E-state index is 8.90. The lowest BCUT2D eigenvalue weighted by molar-refractivity contribution is 0.460. The Morgan fingerprint density at radius 2 is 1.62 bits per heavy atom. The van der Waals surface area contributed by atoms with Gasteiger partial charge < -0.3 is 9.47 Å². The van der Waals surface area contributed by atoms with Gasteiger partial charge in [0, 0.05) is 11.5 Å². The van der Waals surface area contributed by atoms with Crippen molar-refractivity contribution in [2.75, 3.05) is 0 Å². The normalized spacial score (nSPS) is 12.5. The summed E-state index contributed by atoms with van der Waals surface area (Å²) in [5, 5.41) is 17.5. The molecular formula is C20H20N2O2. The molecule has 0 aliphatic carbocycles. The standard InChI is InChI=1S/C20H20N2O2/c1-3-15(2)12-19(16-8-10-17(11-9-16)23-13-21)18-6-4-5-7-20(18)24-14-22/h4-11,15,19H,3,12H2,1-2H3. The van der Waals surface area contributed by atoms with Crippen LogP contribution in [-0.2, 0) is 0 Å². The zero-order chi connectivity index (χ0) is 17.4. The first kappa shape index (κ1) is 17.4. The molecule has 4 nitrogen and oxygen atoms in total. The molecule has 0 amide bonds. The molecule has 122 valence electrons. The summed E-state index contributed by atoms with van der Waals surface area (Å²) in [4.78, 5) is 0. The van der Waals surface area contributed by atoms with Crippen molar-refractivity contribution in [2.45, 2.75) is 32.6 Å². The van der Waals surface area contributed by atoms with Gasteiger partial charge in [0.15, 0.2) is 0 Å². The Morgan fingerprint density at radius 3 is 2.25 bits per heavy atom. The minimum absolute atomic E-state index is 0.112. The van der Waals surface area contributed by atoms with Crippen molar-refractivity contribution in [1.29, 1.82) is 10.5 Å². The molecule has 0 N–H and O–H groups in total. The Bertz CT molecular complexity index is 741. The molecule has 0 aliphatic rings. The Kier molecular flexibility index (Phi) is 6.23. The lowest BCUT2D eigenvalue weighted by Crippen LogP contribution is -2.08. The average molecular weight is 320 g/mol. The van der Waals surface area contributed by atoms with Crippen molar-refractivity contribution < 1.29 is 9.47 Å². The molecule has 0 radical (unpaired) electrons. The number of nitriles is 2. The summed E-state index contributed by atoms with van der Waals surface area (Å²) in [7, 11) is 0. The van der Waals surface area contributed by atoms with Gasteiger partial charge in [-0.2, -0.15) is 0 Å². The predicted octanol–water partition coefficient (Wildman–Crippen LogP) is 4.97. The molecule has 2 rings (SSSR count). The predicted molar refractivity (Wildman–Crippen MR) is 91.3 cm³/mol. The summed E-state index contributed by atoms with van der Waals surface area (Å²) < 4.78 is 10.0. The fourth-order valence-electron chi connectivity index (χ4n) is 2.74. The molecule has 2 aromatic carbocycles. The van der Waals surface area contributed by atoms with Crippen LogP contribution in [0.4, 0.5) is 0 Å². The summed E-state index contributed by atoms with van der Waals surface area (Å²) in [5.74, 6) is 1.75. The number of rotatable bonds is 7. The zero-order valence-electron chi connectivity index (χ0n) is 13.9. The largest absolute Gasteiger partial charge is 0.388 e. The second-order valence-electron chi connectivity index (χ2n) is 5.80. The molecule has 0 fully saturated rings. The van der Waals surface area contributed by atoms with Gasteiger partial charge in [-0.1, -0.05) is 50.6 Å². The number of ether oxygens (including phenoxy) is 2. The first-order valence-corrected chi connectivity index (χ1v) is 8.00. The fraction of sp³-hybridized carbons (Fsp3) is 0.300. The minimum Gasteiger partial charge on any atom is -0.388 e. The van der Waals surface area contributed by atoms with Crippen molar-refractivity contribution in [2.24, 2.45) is 5.92 Å². The van der Waals surface area contributed by atoms with Crippen LogP contribution in [0.1, 0.15) is 43.7 Å². The number of para-hydroxylation sites is 1. The van der Waals surface area contributed by atoms with Crippen molar-refractivity contribution in [3.8, 4) is 24.0 Å². The van der Waals surface area contributed by atoms with Gasteiger partial charge in [-0.3, -0.25) is 0 Å². The van der Waals surface area contributed by atoms with Crippen LogP contribution in [0.15, 0.2) is 48.5 Å². The Balaban J connectivity index is 2.42. The third kappa shape index (κ3) is 4.27. The molecule has 0 aliphatic heterocycles. The van der Waals surface area contributed by atoms with E-state index in [1.54, 1.807) is 24.6 Å². The summed E-state index contributed by atoms with van der Waals surface area (Å²) in [6.07, 6.45) is 5.47. The van der Waals surface area contributed by atoms with E-state index in [4.69, 9.17) is 20.0 Å². The van der Waals surface area contributed by atoms with Gasteiger partial charge in [0.1, 0.15) is 11.5 Å². The number of nitrogens with zero attached hydrogens (tertiary/aromatic N) is 2. The zero-order valence-corrected chi connectivity index (χ0v) is 13.9. The van der Waals surface area contributed by atoms with Crippen molar-refractivity contribution >= 4 is 0 Å². The second-order valence-corrected chi connectivity index (χ2v) is 5.80. The lowest BCUT2D eigenvalue weighted by atomic mass is 9.83. The Labute approximate surface area is 142 Å². The molecule has 2 atom stereocenters. The molecule has 2 aromatic rings. The molecule has 0 saturated carbocycles. The second kappa shape index (κ2) is 8.60. The molecule has 0 aromatic heterocycles. The Morgan fingerprint density at radius 1 is 0.958 bits per heavy atom. The summed E-state index contributed by atoms with van der Waals surface area (Å²) in [5.41, 5.74) is 2.10. The van der Waals surface area contributed by atoms with Crippen LogP contribution in [0, 0.1) is 29.0 Å². The van der Waals surface area contributed by atoms with E-state index in [0.29, 0.717) is 17.4 Å². The third-order valence-electron chi connectivity index (χ3n) is 4.23. The number of hydrogen-bond donors (Lipinski definition) is 0. The molecule has 2 unspecified atom stereocenters. The highest BCUT2D eigenvalue weighted by atomic mass is 16.5. The van der Waals surface area contributed by atoms with Crippen LogP contribution in [0.25, 0.3) is 0 Å². The quantitative estimate of drug-likeness (QED) is 0.675. The fourth-order valence-corrected chi connectivity index (χ4v) is 2.74. The highest BCUT2D eigenvalue weighted by molar-refractivity contribution is 5.43. The summed E-state index contributed by atoms with van der Waals surface area (Å²) >= 11 is 0. The van der Waals surface area contributed by atoms with E-state index >= 15 is 0 Å². The third-order valence-corrected chi connectivity index (χ3v) is 4.23. The van der Waals surface area contributed by atoms with Gasteiger partial charge in [-0.05, 0) is 36.1 Å². The molecule has 0 saturated heterocycles. The lowest BCUT2D eigenvalue weighted by Gasteiger charge is -2.23. The van der Waals surface area contributed by atoms with Crippen LogP contribution >= 0.6 is 0 Å². The monoisotopic (exact) mass is 320 g/mol. The average Bonchev–Trinajstić information content (AvgIpc) is 2.61. The topological polar surface area (TPSA) is 66.0 Å². The van der Waals surface area contributed by atoms with E-state index in [-0.39, 0.29) is 5.92 Å². The maximum absolute atomic E-state index is 8.90. The molecule has 0 bridgehead atoms. The van der Waals surface area contributed by atoms with E-state index in [2.05, 4.69) is 13.8 Å². The molecule has 4 heteroatoms. The van der Waals surface area contributed by atoms with Crippen molar-refractivity contribution in [3.63, 3.8) is 0 Å². The number of hydrogen-bond acceptors (Lipinski definition) is 4. The smallest absolute Gasteiger partial charge is 0.292 e. The first-order chi connectivity index (χ1) is 11.7. The Hall–Kier alpha value is -2.98. The van der Waals surface area contributed by atoms with Crippen LogP contribution in [0.2, 0.25) is 0 Å². The molecule has 0 spiro atoms. The minimum atomic E-state index is 0.112. The SMILES string of the molecule is CCC(C)CC(c1ccc(OC#N)cc1)c1ccccc1OC#N. The molecule has 0 heterocycles. The number of benzene rings is 2. The van der Waals surface area contributed by atoms with Gasteiger partial charge >= 0.3 is 0 Å². The van der Waals surface area contributed by atoms with Crippen molar-refractivity contribution in [3.05, 3.63) is 59.7 Å². The van der Waals surface area contributed by atoms with Crippen LogP contribution in [0.5, 0.6) is 11.5 Å².